The Kier molecular flexibility index (Phi) is 6.96. The molecule has 23 heavy (non-hydrogen) atoms. The zero-order valence-electron chi connectivity index (χ0n) is 13.8. The average molecular weight is 358 g/mol. The lowest BCUT2D eigenvalue weighted by Gasteiger charge is -2.34. The maximum Gasteiger partial charge on any atom is 0.316 e. The monoisotopic (exact) mass is 357 g/mol. The Morgan fingerprint density at radius 2 is 2.22 bits per heavy atom. The first-order valence-electron chi connectivity index (χ1n) is 8.09. The molecule has 3 unspecified atom stereocenters. The Labute approximate surface area is 146 Å². The van der Waals surface area contributed by atoms with E-state index in [4.69, 9.17) is 16.3 Å². The highest BCUT2D eigenvalue weighted by molar-refractivity contribution is 7.99. The van der Waals surface area contributed by atoms with Crippen LogP contribution in [-0.4, -0.2) is 34.3 Å². The van der Waals surface area contributed by atoms with Gasteiger partial charge in [0.15, 0.2) is 5.16 Å². The second-order valence-electron chi connectivity index (χ2n) is 5.97. The van der Waals surface area contributed by atoms with Crippen LogP contribution in [0.15, 0.2) is 11.2 Å². The van der Waals surface area contributed by atoms with Gasteiger partial charge in [-0.2, -0.15) is 0 Å². The van der Waals surface area contributed by atoms with Gasteiger partial charge in [0.2, 0.25) is 0 Å². The molecule has 1 saturated carbocycles. The van der Waals surface area contributed by atoms with Crippen molar-refractivity contribution in [2.75, 3.05) is 17.7 Å². The second kappa shape index (κ2) is 8.73. The molecule has 0 bridgehead atoms. The number of anilines is 1. The van der Waals surface area contributed by atoms with Gasteiger partial charge < -0.3 is 10.1 Å². The van der Waals surface area contributed by atoms with Crippen molar-refractivity contribution in [3.8, 4) is 0 Å². The van der Waals surface area contributed by atoms with Gasteiger partial charge in [-0.3, -0.25) is 4.79 Å². The fraction of sp³-hybridized carbons (Fsp3) is 0.688. The molecular weight excluding hydrogens is 334 g/mol. The third kappa shape index (κ3) is 5.53. The number of ether oxygens (including phenoxy) is 1. The van der Waals surface area contributed by atoms with Gasteiger partial charge in [-0.25, -0.2) is 9.97 Å². The maximum atomic E-state index is 11.4. The van der Waals surface area contributed by atoms with E-state index in [0.717, 1.165) is 12.2 Å². The molecule has 3 atom stereocenters. The molecule has 1 N–H and O–H groups in total. The zero-order chi connectivity index (χ0) is 16.8. The topological polar surface area (TPSA) is 64.1 Å². The third-order valence-electron chi connectivity index (χ3n) is 4.34. The number of esters is 1. The van der Waals surface area contributed by atoms with Gasteiger partial charge in [-0.05, 0) is 25.2 Å². The molecule has 1 aromatic heterocycles. The summed E-state index contributed by atoms with van der Waals surface area (Å²) >= 11 is 7.33. The second-order valence-corrected chi connectivity index (χ2v) is 7.30. The van der Waals surface area contributed by atoms with Crippen LogP contribution in [0.25, 0.3) is 0 Å². The van der Waals surface area contributed by atoms with Gasteiger partial charge in [-0.1, -0.05) is 50.1 Å². The predicted octanol–water partition coefficient (Wildman–Crippen LogP) is 4.02. The van der Waals surface area contributed by atoms with E-state index in [1.54, 1.807) is 13.0 Å². The van der Waals surface area contributed by atoms with Gasteiger partial charge >= 0.3 is 5.97 Å². The van der Waals surface area contributed by atoms with Crippen LogP contribution in [-0.2, 0) is 9.53 Å². The fourth-order valence-electron chi connectivity index (χ4n) is 2.84. The van der Waals surface area contributed by atoms with E-state index in [9.17, 15) is 4.79 Å². The zero-order valence-corrected chi connectivity index (χ0v) is 15.4. The molecule has 0 amide bonds. The van der Waals surface area contributed by atoms with E-state index in [2.05, 4.69) is 29.1 Å². The number of halogens is 1. The largest absolute Gasteiger partial charge is 0.465 e. The minimum atomic E-state index is -0.273. The summed E-state index contributed by atoms with van der Waals surface area (Å²) in [6.07, 6.45) is 3.65. The number of rotatable bonds is 6. The maximum absolute atomic E-state index is 11.4. The molecule has 1 aromatic rings. The van der Waals surface area contributed by atoms with Crippen molar-refractivity contribution in [2.45, 2.75) is 51.2 Å². The Morgan fingerprint density at radius 1 is 1.43 bits per heavy atom. The highest BCUT2D eigenvalue weighted by atomic mass is 35.5. The van der Waals surface area contributed by atoms with Crippen LogP contribution in [0.4, 0.5) is 5.82 Å². The molecule has 5 nitrogen and oxygen atoms in total. The first-order valence-corrected chi connectivity index (χ1v) is 9.45. The molecule has 2 rings (SSSR count). The van der Waals surface area contributed by atoms with E-state index < -0.39 is 0 Å². The molecule has 1 fully saturated rings. The highest BCUT2D eigenvalue weighted by Crippen LogP contribution is 2.31. The highest BCUT2D eigenvalue weighted by Gasteiger charge is 2.27. The lowest BCUT2D eigenvalue weighted by molar-refractivity contribution is -0.139. The molecule has 1 heterocycles. The molecule has 0 saturated heterocycles. The van der Waals surface area contributed by atoms with Crippen molar-refractivity contribution < 1.29 is 9.53 Å². The average Bonchev–Trinajstić information content (AvgIpc) is 2.50. The molecule has 0 aromatic carbocycles. The standard InChI is InChI=1S/C16H24ClN3O2S/c1-4-22-15(21)9-23-16-19-13(17)8-14(20-16)18-12-7-5-6-10(2)11(12)3/h8,10-12H,4-7,9H2,1-3H3,(H,18,19,20). The van der Waals surface area contributed by atoms with E-state index in [1.165, 1.54) is 24.6 Å². The summed E-state index contributed by atoms with van der Waals surface area (Å²) in [4.78, 5) is 20.1. The lowest BCUT2D eigenvalue weighted by atomic mass is 9.78. The third-order valence-corrected chi connectivity index (χ3v) is 5.35. The molecule has 128 valence electrons. The van der Waals surface area contributed by atoms with E-state index in [-0.39, 0.29) is 11.7 Å². The number of thioether (sulfide) groups is 1. The molecule has 0 radical (unpaired) electrons. The summed E-state index contributed by atoms with van der Waals surface area (Å²) in [5.74, 6) is 1.93. The van der Waals surface area contributed by atoms with E-state index in [0.29, 0.717) is 34.8 Å². The van der Waals surface area contributed by atoms with Crippen molar-refractivity contribution in [1.82, 2.24) is 9.97 Å². The normalized spacial score (nSPS) is 24.3. The summed E-state index contributed by atoms with van der Waals surface area (Å²) in [5, 5.41) is 4.36. The summed E-state index contributed by atoms with van der Waals surface area (Å²) in [7, 11) is 0. The summed E-state index contributed by atoms with van der Waals surface area (Å²) in [5.41, 5.74) is 0. The van der Waals surface area contributed by atoms with Gasteiger partial charge in [0.05, 0.1) is 12.4 Å². The van der Waals surface area contributed by atoms with Crippen molar-refractivity contribution in [1.29, 1.82) is 0 Å². The minimum Gasteiger partial charge on any atom is -0.465 e. The van der Waals surface area contributed by atoms with Crippen LogP contribution < -0.4 is 5.32 Å². The first-order chi connectivity index (χ1) is 11.0. The minimum absolute atomic E-state index is 0.185. The van der Waals surface area contributed by atoms with Crippen LogP contribution in [0.3, 0.4) is 0 Å². The van der Waals surface area contributed by atoms with Crippen LogP contribution >= 0.6 is 23.4 Å². The number of hydrogen-bond acceptors (Lipinski definition) is 6. The quantitative estimate of drug-likeness (QED) is 0.359. The van der Waals surface area contributed by atoms with Crippen LogP contribution in [0, 0.1) is 11.8 Å². The van der Waals surface area contributed by atoms with Crippen LogP contribution in [0.5, 0.6) is 0 Å². The molecule has 1 aliphatic rings. The Hall–Kier alpha value is -1.01. The molecule has 1 aliphatic carbocycles. The molecule has 7 heteroatoms. The summed E-state index contributed by atoms with van der Waals surface area (Å²) in [6.45, 7) is 6.74. The smallest absolute Gasteiger partial charge is 0.316 e. The lowest BCUT2D eigenvalue weighted by Crippen LogP contribution is -2.35. The molecule has 0 aliphatic heterocycles. The van der Waals surface area contributed by atoms with Crippen molar-refractivity contribution in [2.24, 2.45) is 11.8 Å². The van der Waals surface area contributed by atoms with Crippen LogP contribution in [0.1, 0.15) is 40.0 Å². The summed E-state index contributed by atoms with van der Waals surface area (Å²) in [6, 6.07) is 2.13. The molecular formula is C16H24ClN3O2S. The van der Waals surface area contributed by atoms with Crippen molar-refractivity contribution >= 4 is 35.1 Å². The Balaban J connectivity index is 2.00. The number of nitrogens with zero attached hydrogens (tertiary/aromatic N) is 2. The van der Waals surface area contributed by atoms with Gasteiger partial charge in [0, 0.05) is 12.1 Å². The van der Waals surface area contributed by atoms with Gasteiger partial charge in [-0.15, -0.1) is 0 Å². The number of carbonyl (C=O) groups excluding carboxylic acids is 1. The Bertz CT molecular complexity index is 544. The molecule has 0 spiro atoms. The SMILES string of the molecule is CCOC(=O)CSc1nc(Cl)cc(NC2CCCC(C)C2C)n1. The van der Waals surface area contributed by atoms with E-state index >= 15 is 0 Å². The van der Waals surface area contributed by atoms with Crippen molar-refractivity contribution in [3.05, 3.63) is 11.2 Å². The van der Waals surface area contributed by atoms with Crippen LogP contribution in [0.2, 0.25) is 5.15 Å². The van der Waals surface area contributed by atoms with Gasteiger partial charge in [0.25, 0.3) is 0 Å². The van der Waals surface area contributed by atoms with E-state index in [1.807, 2.05) is 0 Å². The number of carbonyl (C=O) groups is 1. The van der Waals surface area contributed by atoms with Gasteiger partial charge in [0.1, 0.15) is 11.0 Å². The first kappa shape index (κ1) is 18.3. The fourth-order valence-corrected chi connectivity index (χ4v) is 3.73. The predicted molar refractivity (Wildman–Crippen MR) is 94.0 cm³/mol. The number of hydrogen-bond donors (Lipinski definition) is 1. The number of aromatic nitrogens is 2. The summed E-state index contributed by atoms with van der Waals surface area (Å²) < 4.78 is 4.91. The Morgan fingerprint density at radius 3 is 2.96 bits per heavy atom. The van der Waals surface area contributed by atoms with Crippen molar-refractivity contribution in [3.63, 3.8) is 0 Å². The number of nitrogens with one attached hydrogen (secondary N) is 1.